The third kappa shape index (κ3) is 3.84. The van der Waals surface area contributed by atoms with E-state index < -0.39 is 36.1 Å². The summed E-state index contributed by atoms with van der Waals surface area (Å²) in [5.41, 5.74) is -2.40. The lowest BCUT2D eigenvalue weighted by Gasteiger charge is -2.41. The van der Waals surface area contributed by atoms with Gasteiger partial charge in [0.25, 0.3) is 0 Å². The maximum absolute atomic E-state index is 13.3. The number of nitrogens with zero attached hydrogens (tertiary/aromatic N) is 1. The monoisotopic (exact) mass is 394 g/mol. The van der Waals surface area contributed by atoms with Crippen LogP contribution in [0.3, 0.4) is 0 Å². The second-order valence-electron chi connectivity index (χ2n) is 6.78. The normalized spacial score (nSPS) is 18.0. The van der Waals surface area contributed by atoms with Crippen LogP contribution in [0.2, 0.25) is 0 Å². The number of rotatable bonds is 2. The largest absolute Gasteiger partial charge is 0.489 e. The molecule has 2 aromatic rings. The van der Waals surface area contributed by atoms with E-state index in [1.54, 1.807) is 13.8 Å². The van der Waals surface area contributed by atoms with Gasteiger partial charge in [0.05, 0.1) is 22.8 Å². The number of hydrogen-bond donors (Lipinski definition) is 1. The van der Waals surface area contributed by atoms with Gasteiger partial charge in [0, 0.05) is 17.5 Å². The standard InChI is InChI=1S/C17H16F6N2O2/c1-8(2)13-6-27-14-5-11-9(3-12(14)25(13)7-16(18,19)20)10(17(21,22)23)4-15(26)24-11/h3-5,8,13H,6-7H2,1-2H3,(H,24,26)/t13-/m0/s1. The van der Waals surface area contributed by atoms with Gasteiger partial charge in [-0.25, -0.2) is 0 Å². The van der Waals surface area contributed by atoms with E-state index in [-0.39, 0.29) is 34.9 Å². The summed E-state index contributed by atoms with van der Waals surface area (Å²) in [5, 5.41) is -0.388. The SMILES string of the molecule is CC(C)[C@@H]1COc2cc3[nH]c(=O)cc(C(F)(F)F)c3cc2N1CC(F)(F)F. The summed E-state index contributed by atoms with van der Waals surface area (Å²) in [7, 11) is 0. The molecule has 2 heterocycles. The lowest BCUT2D eigenvalue weighted by Crippen LogP contribution is -2.50. The van der Waals surface area contributed by atoms with Gasteiger partial charge in [0.1, 0.15) is 18.9 Å². The van der Waals surface area contributed by atoms with Crippen molar-refractivity contribution in [2.24, 2.45) is 5.92 Å². The van der Waals surface area contributed by atoms with Crippen LogP contribution in [0.1, 0.15) is 19.4 Å². The van der Waals surface area contributed by atoms with Crippen LogP contribution in [0.15, 0.2) is 23.0 Å². The summed E-state index contributed by atoms with van der Waals surface area (Å²) >= 11 is 0. The van der Waals surface area contributed by atoms with Crippen LogP contribution in [-0.2, 0) is 6.18 Å². The summed E-state index contributed by atoms with van der Waals surface area (Å²) in [6.07, 6.45) is -9.38. The average Bonchev–Trinajstić information content (AvgIpc) is 2.50. The number of ether oxygens (including phenoxy) is 1. The Hall–Kier alpha value is -2.39. The highest BCUT2D eigenvalue weighted by molar-refractivity contribution is 5.89. The number of pyridine rings is 1. The van der Waals surface area contributed by atoms with Gasteiger partial charge >= 0.3 is 12.4 Å². The highest BCUT2D eigenvalue weighted by atomic mass is 19.4. The number of aromatic amines is 1. The number of aromatic nitrogens is 1. The zero-order valence-corrected chi connectivity index (χ0v) is 14.3. The first-order valence-corrected chi connectivity index (χ1v) is 8.11. The Morgan fingerprint density at radius 3 is 2.41 bits per heavy atom. The molecule has 1 aromatic carbocycles. The van der Waals surface area contributed by atoms with Crippen LogP contribution in [0, 0.1) is 5.92 Å². The van der Waals surface area contributed by atoms with Gasteiger partial charge in [-0.05, 0) is 12.0 Å². The summed E-state index contributed by atoms with van der Waals surface area (Å²) in [4.78, 5) is 14.9. The van der Waals surface area contributed by atoms with Gasteiger partial charge in [-0.2, -0.15) is 26.3 Å². The summed E-state index contributed by atoms with van der Waals surface area (Å²) in [6.45, 7) is 2.06. The molecule has 4 nitrogen and oxygen atoms in total. The van der Waals surface area contributed by atoms with Crippen molar-refractivity contribution in [1.29, 1.82) is 0 Å². The Bertz CT molecular complexity index is 916. The summed E-state index contributed by atoms with van der Waals surface area (Å²) in [6, 6.07) is 1.88. The smallest absolute Gasteiger partial charge is 0.417 e. The van der Waals surface area contributed by atoms with Crippen LogP contribution in [0.5, 0.6) is 5.75 Å². The Morgan fingerprint density at radius 1 is 1.19 bits per heavy atom. The lowest BCUT2D eigenvalue weighted by atomic mass is 9.99. The van der Waals surface area contributed by atoms with E-state index in [0.717, 1.165) is 17.0 Å². The summed E-state index contributed by atoms with van der Waals surface area (Å²) in [5.74, 6) is -0.229. The van der Waals surface area contributed by atoms with E-state index >= 15 is 0 Å². The highest BCUT2D eigenvalue weighted by Gasteiger charge is 2.40. The molecule has 0 radical (unpaired) electrons. The van der Waals surface area contributed by atoms with E-state index in [1.807, 2.05) is 0 Å². The molecule has 148 valence electrons. The lowest BCUT2D eigenvalue weighted by molar-refractivity contribution is -0.136. The van der Waals surface area contributed by atoms with Crippen molar-refractivity contribution in [2.75, 3.05) is 18.1 Å². The molecule has 1 atom stereocenters. The number of hydrogen-bond acceptors (Lipinski definition) is 3. The van der Waals surface area contributed by atoms with E-state index in [4.69, 9.17) is 4.74 Å². The molecule has 3 rings (SSSR count). The molecule has 1 aliphatic heterocycles. The Balaban J connectivity index is 2.25. The zero-order chi connectivity index (χ0) is 20.1. The first kappa shape index (κ1) is 19.4. The molecular formula is C17H16F6N2O2. The molecular weight excluding hydrogens is 378 g/mol. The second-order valence-corrected chi connectivity index (χ2v) is 6.78. The number of alkyl halides is 6. The molecule has 0 aliphatic carbocycles. The fourth-order valence-electron chi connectivity index (χ4n) is 3.24. The minimum absolute atomic E-state index is 0.00127. The molecule has 0 unspecified atom stereocenters. The minimum Gasteiger partial charge on any atom is -0.489 e. The molecule has 0 bridgehead atoms. The molecule has 0 saturated carbocycles. The van der Waals surface area contributed by atoms with Crippen LogP contribution in [0.4, 0.5) is 32.0 Å². The topological polar surface area (TPSA) is 45.3 Å². The van der Waals surface area contributed by atoms with E-state index in [0.29, 0.717) is 6.07 Å². The first-order chi connectivity index (χ1) is 12.4. The predicted molar refractivity (Wildman–Crippen MR) is 87.1 cm³/mol. The van der Waals surface area contributed by atoms with Crippen LogP contribution < -0.4 is 15.2 Å². The van der Waals surface area contributed by atoms with Gasteiger partial charge < -0.3 is 14.6 Å². The second kappa shape index (κ2) is 6.35. The van der Waals surface area contributed by atoms with Crippen molar-refractivity contribution < 1.29 is 31.1 Å². The van der Waals surface area contributed by atoms with Crippen molar-refractivity contribution in [3.63, 3.8) is 0 Å². The van der Waals surface area contributed by atoms with Crippen molar-refractivity contribution in [1.82, 2.24) is 4.98 Å². The first-order valence-electron chi connectivity index (χ1n) is 8.11. The Labute approximate surface area is 149 Å². The van der Waals surface area contributed by atoms with Crippen molar-refractivity contribution in [2.45, 2.75) is 32.2 Å². The average molecular weight is 394 g/mol. The maximum Gasteiger partial charge on any atom is 0.417 e. The van der Waals surface area contributed by atoms with Gasteiger partial charge in [0.15, 0.2) is 0 Å². The van der Waals surface area contributed by atoms with Gasteiger partial charge in [0.2, 0.25) is 5.56 Å². The van der Waals surface area contributed by atoms with E-state index in [9.17, 15) is 31.1 Å². The maximum atomic E-state index is 13.3. The predicted octanol–water partition coefficient (Wildman–Crippen LogP) is 4.33. The van der Waals surface area contributed by atoms with Gasteiger partial charge in [-0.1, -0.05) is 13.8 Å². The third-order valence-corrected chi connectivity index (χ3v) is 4.47. The molecule has 10 heteroatoms. The van der Waals surface area contributed by atoms with Crippen molar-refractivity contribution >= 4 is 16.6 Å². The van der Waals surface area contributed by atoms with Crippen LogP contribution in [0.25, 0.3) is 10.9 Å². The van der Waals surface area contributed by atoms with Crippen LogP contribution in [-0.4, -0.2) is 30.4 Å². The fraction of sp³-hybridized carbons (Fsp3) is 0.471. The fourth-order valence-corrected chi connectivity index (χ4v) is 3.24. The highest BCUT2D eigenvalue weighted by Crippen LogP contribution is 2.42. The van der Waals surface area contributed by atoms with Crippen molar-refractivity contribution in [3.8, 4) is 5.75 Å². The quantitative estimate of drug-likeness (QED) is 0.772. The van der Waals surface area contributed by atoms with E-state index in [1.165, 1.54) is 0 Å². The van der Waals surface area contributed by atoms with Gasteiger partial charge in [-0.3, -0.25) is 4.79 Å². The molecule has 1 N–H and O–H groups in total. The molecule has 1 aromatic heterocycles. The summed E-state index contributed by atoms with van der Waals surface area (Å²) < 4.78 is 84.8. The molecule has 0 amide bonds. The minimum atomic E-state index is -4.83. The van der Waals surface area contributed by atoms with Crippen molar-refractivity contribution in [3.05, 3.63) is 34.1 Å². The number of halogens is 6. The van der Waals surface area contributed by atoms with Crippen LogP contribution >= 0.6 is 0 Å². The molecule has 0 spiro atoms. The number of anilines is 1. The molecule has 0 saturated heterocycles. The molecule has 0 fully saturated rings. The van der Waals surface area contributed by atoms with Gasteiger partial charge in [-0.15, -0.1) is 0 Å². The molecule has 1 aliphatic rings. The number of benzene rings is 1. The van der Waals surface area contributed by atoms with E-state index in [2.05, 4.69) is 4.98 Å². The number of nitrogens with one attached hydrogen (secondary N) is 1. The third-order valence-electron chi connectivity index (χ3n) is 4.47. The Kier molecular flexibility index (Phi) is 4.55. The number of H-pyrrole nitrogens is 1. The number of fused-ring (bicyclic) bond motifs is 2. The Morgan fingerprint density at radius 2 is 1.85 bits per heavy atom. The zero-order valence-electron chi connectivity index (χ0n) is 14.3. The molecule has 27 heavy (non-hydrogen) atoms.